The molecule has 0 aliphatic carbocycles. The molecule has 0 spiro atoms. The van der Waals surface area contributed by atoms with Crippen molar-refractivity contribution in [3.05, 3.63) is 65.2 Å². The van der Waals surface area contributed by atoms with Crippen molar-refractivity contribution in [2.45, 2.75) is 39.2 Å². The molecule has 0 bridgehead atoms. The Morgan fingerprint density at radius 2 is 1.88 bits per heavy atom. The highest BCUT2D eigenvalue weighted by Gasteiger charge is 2.13. The van der Waals surface area contributed by atoms with Crippen molar-refractivity contribution >= 4 is 5.97 Å². The number of carbonyl (C=O) groups is 1. The van der Waals surface area contributed by atoms with Crippen molar-refractivity contribution in [3.63, 3.8) is 0 Å². The first-order chi connectivity index (χ1) is 11.6. The second-order valence-corrected chi connectivity index (χ2v) is 5.58. The Morgan fingerprint density at radius 3 is 2.50 bits per heavy atom. The molecule has 3 heteroatoms. The van der Waals surface area contributed by atoms with E-state index < -0.39 is 5.97 Å². The number of benzene rings is 2. The first-order valence-corrected chi connectivity index (χ1v) is 8.07. The van der Waals surface area contributed by atoms with E-state index in [0.717, 1.165) is 23.3 Å². The SMILES string of the molecule is CC#C[C@@H](CC(=O)O)c1ccc(OCc2cccc(CC)c2)cc1. The van der Waals surface area contributed by atoms with E-state index in [2.05, 4.69) is 30.9 Å². The Balaban J connectivity index is 2.02. The predicted octanol–water partition coefficient (Wildman–Crippen LogP) is 4.41. The zero-order valence-electron chi connectivity index (χ0n) is 14.1. The van der Waals surface area contributed by atoms with Crippen LogP contribution in [0.5, 0.6) is 5.75 Å². The zero-order valence-corrected chi connectivity index (χ0v) is 14.1. The Bertz CT molecular complexity index is 736. The van der Waals surface area contributed by atoms with Gasteiger partial charge in [0.05, 0.1) is 12.3 Å². The van der Waals surface area contributed by atoms with E-state index in [1.165, 1.54) is 5.56 Å². The molecule has 0 aliphatic rings. The van der Waals surface area contributed by atoms with E-state index in [0.29, 0.717) is 6.61 Å². The average molecular weight is 322 g/mol. The largest absolute Gasteiger partial charge is 0.489 e. The minimum Gasteiger partial charge on any atom is -0.489 e. The lowest BCUT2D eigenvalue weighted by molar-refractivity contribution is -0.137. The third-order valence-electron chi connectivity index (χ3n) is 3.78. The quantitative estimate of drug-likeness (QED) is 0.768. The van der Waals surface area contributed by atoms with Gasteiger partial charge in [-0.05, 0) is 42.2 Å². The molecular weight excluding hydrogens is 300 g/mol. The molecule has 0 radical (unpaired) electrons. The van der Waals surface area contributed by atoms with Crippen LogP contribution in [0.1, 0.15) is 42.9 Å². The summed E-state index contributed by atoms with van der Waals surface area (Å²) >= 11 is 0. The Morgan fingerprint density at radius 1 is 1.17 bits per heavy atom. The smallest absolute Gasteiger partial charge is 0.304 e. The molecule has 24 heavy (non-hydrogen) atoms. The van der Waals surface area contributed by atoms with Crippen LogP contribution >= 0.6 is 0 Å². The van der Waals surface area contributed by atoms with Crippen molar-refractivity contribution in [2.75, 3.05) is 0 Å². The molecule has 0 fully saturated rings. The topological polar surface area (TPSA) is 46.5 Å². The van der Waals surface area contributed by atoms with Gasteiger partial charge in [-0.2, -0.15) is 0 Å². The third kappa shape index (κ3) is 5.17. The fraction of sp³-hybridized carbons (Fsp3) is 0.286. The van der Waals surface area contributed by atoms with Crippen LogP contribution in [0.4, 0.5) is 0 Å². The molecular formula is C21H22O3. The molecule has 0 unspecified atom stereocenters. The van der Waals surface area contributed by atoms with Crippen molar-refractivity contribution in [1.29, 1.82) is 0 Å². The Labute approximate surface area is 143 Å². The minimum absolute atomic E-state index is 0.00482. The van der Waals surface area contributed by atoms with Crippen LogP contribution in [-0.2, 0) is 17.8 Å². The van der Waals surface area contributed by atoms with E-state index in [-0.39, 0.29) is 12.3 Å². The lowest BCUT2D eigenvalue weighted by Crippen LogP contribution is -2.04. The van der Waals surface area contributed by atoms with Gasteiger partial charge in [0.2, 0.25) is 0 Å². The maximum Gasteiger partial charge on any atom is 0.304 e. The van der Waals surface area contributed by atoms with E-state index >= 15 is 0 Å². The zero-order chi connectivity index (χ0) is 17.4. The van der Waals surface area contributed by atoms with Gasteiger partial charge >= 0.3 is 5.97 Å². The van der Waals surface area contributed by atoms with E-state index in [9.17, 15) is 4.79 Å². The van der Waals surface area contributed by atoms with Crippen LogP contribution in [0.2, 0.25) is 0 Å². The number of aryl methyl sites for hydroxylation is 1. The van der Waals surface area contributed by atoms with Gasteiger partial charge in [0.15, 0.2) is 0 Å². The molecule has 3 nitrogen and oxygen atoms in total. The lowest BCUT2D eigenvalue weighted by atomic mass is 9.96. The predicted molar refractivity (Wildman–Crippen MR) is 95.0 cm³/mol. The summed E-state index contributed by atoms with van der Waals surface area (Å²) in [5.41, 5.74) is 3.33. The first-order valence-electron chi connectivity index (χ1n) is 8.07. The molecule has 0 heterocycles. The van der Waals surface area contributed by atoms with E-state index in [1.807, 2.05) is 36.4 Å². The van der Waals surface area contributed by atoms with Crippen molar-refractivity contribution < 1.29 is 14.6 Å². The van der Waals surface area contributed by atoms with Crippen LogP contribution in [0.3, 0.4) is 0 Å². The molecule has 2 aromatic carbocycles. The third-order valence-corrected chi connectivity index (χ3v) is 3.78. The monoisotopic (exact) mass is 322 g/mol. The molecule has 2 aromatic rings. The Kier molecular flexibility index (Phi) is 6.45. The van der Waals surface area contributed by atoms with Crippen molar-refractivity contribution in [1.82, 2.24) is 0 Å². The first kappa shape index (κ1) is 17.6. The lowest BCUT2D eigenvalue weighted by Gasteiger charge is -2.11. The van der Waals surface area contributed by atoms with E-state index in [4.69, 9.17) is 9.84 Å². The number of aliphatic carboxylic acids is 1. The van der Waals surface area contributed by atoms with Crippen LogP contribution in [0.25, 0.3) is 0 Å². The molecule has 1 atom stereocenters. The van der Waals surface area contributed by atoms with Gasteiger partial charge < -0.3 is 9.84 Å². The molecule has 0 saturated heterocycles. The van der Waals surface area contributed by atoms with Gasteiger partial charge in [-0.25, -0.2) is 0 Å². The fourth-order valence-electron chi connectivity index (χ4n) is 2.50. The summed E-state index contributed by atoms with van der Waals surface area (Å²) in [6, 6.07) is 15.8. The highest BCUT2D eigenvalue weighted by Crippen LogP contribution is 2.22. The summed E-state index contributed by atoms with van der Waals surface area (Å²) in [5.74, 6) is 5.37. The summed E-state index contributed by atoms with van der Waals surface area (Å²) in [6.07, 6.45) is 1.01. The van der Waals surface area contributed by atoms with Gasteiger partial charge in [0, 0.05) is 0 Å². The van der Waals surface area contributed by atoms with Crippen LogP contribution in [-0.4, -0.2) is 11.1 Å². The van der Waals surface area contributed by atoms with Gasteiger partial charge in [0.1, 0.15) is 12.4 Å². The second kappa shape index (κ2) is 8.79. The van der Waals surface area contributed by atoms with Gasteiger partial charge in [0.25, 0.3) is 0 Å². The molecule has 0 aliphatic heterocycles. The Hall–Kier alpha value is -2.73. The van der Waals surface area contributed by atoms with Crippen LogP contribution < -0.4 is 4.74 Å². The van der Waals surface area contributed by atoms with E-state index in [1.54, 1.807) is 6.92 Å². The second-order valence-electron chi connectivity index (χ2n) is 5.58. The van der Waals surface area contributed by atoms with Crippen molar-refractivity contribution in [3.8, 4) is 17.6 Å². The number of ether oxygens (including phenoxy) is 1. The van der Waals surface area contributed by atoms with Gasteiger partial charge in [-0.1, -0.05) is 49.2 Å². The molecule has 2 rings (SSSR count). The average Bonchev–Trinajstić information content (AvgIpc) is 2.60. The number of hydrogen-bond acceptors (Lipinski definition) is 2. The molecule has 0 aromatic heterocycles. The highest BCUT2D eigenvalue weighted by atomic mass is 16.5. The van der Waals surface area contributed by atoms with Crippen LogP contribution in [0.15, 0.2) is 48.5 Å². The molecule has 0 amide bonds. The van der Waals surface area contributed by atoms with Gasteiger partial charge in [-0.3, -0.25) is 4.79 Å². The number of carboxylic acid groups (broad SMARTS) is 1. The molecule has 1 N–H and O–H groups in total. The maximum absolute atomic E-state index is 10.9. The number of carboxylic acids is 1. The number of rotatable bonds is 7. The fourth-order valence-corrected chi connectivity index (χ4v) is 2.50. The van der Waals surface area contributed by atoms with Crippen molar-refractivity contribution in [2.24, 2.45) is 0 Å². The minimum atomic E-state index is -0.848. The summed E-state index contributed by atoms with van der Waals surface area (Å²) in [5, 5.41) is 8.99. The summed E-state index contributed by atoms with van der Waals surface area (Å²) in [4.78, 5) is 10.9. The summed E-state index contributed by atoms with van der Waals surface area (Å²) in [7, 11) is 0. The maximum atomic E-state index is 10.9. The number of hydrogen-bond donors (Lipinski definition) is 1. The van der Waals surface area contributed by atoms with Gasteiger partial charge in [-0.15, -0.1) is 5.92 Å². The highest BCUT2D eigenvalue weighted by molar-refractivity contribution is 5.69. The normalized spacial score (nSPS) is 11.2. The van der Waals surface area contributed by atoms with Crippen LogP contribution in [0, 0.1) is 11.8 Å². The summed E-state index contributed by atoms with van der Waals surface area (Å²) < 4.78 is 5.81. The summed E-state index contributed by atoms with van der Waals surface area (Å²) in [6.45, 7) is 4.36. The molecule has 124 valence electrons. The standard InChI is InChI=1S/C21H22O3/c1-3-6-19(14-21(22)23)18-9-11-20(12-10-18)24-15-17-8-5-7-16(4-2)13-17/h5,7-13,19H,4,14-15H2,1-2H3,(H,22,23)/t19-/m0/s1. The molecule has 0 saturated carbocycles.